The van der Waals surface area contributed by atoms with Crippen LogP contribution in [-0.4, -0.2) is 72.6 Å². The highest BCUT2D eigenvalue weighted by molar-refractivity contribution is 7.89. The molecule has 1 aromatic carbocycles. The Morgan fingerprint density at radius 1 is 1.00 bits per heavy atom. The molecule has 0 radical (unpaired) electrons. The molecule has 4 rings (SSSR count). The number of carbonyl (C=O) groups is 2. The average Bonchev–Trinajstić information content (AvgIpc) is 3.46. The molecule has 1 unspecified atom stereocenters. The third kappa shape index (κ3) is 3.78. The lowest BCUT2D eigenvalue weighted by molar-refractivity contribution is -0.140. The molecule has 3 fully saturated rings. The first kappa shape index (κ1) is 20.3. The summed E-state index contributed by atoms with van der Waals surface area (Å²) >= 11 is 0. The number of amides is 2. The standard InChI is InChI=1S/C18H20F3N3O4S/c19-18(20,21)12-2-1-3-14(10-12)29(27,28)23-8-6-22(7-9-23)15-11-16(25)24(17(15)26)13-4-5-13/h1-3,10,13,15H,4-9,11H2. The van der Waals surface area contributed by atoms with E-state index in [2.05, 4.69) is 0 Å². The normalized spacial score (nSPS) is 25.1. The van der Waals surface area contributed by atoms with Gasteiger partial charge in [0.25, 0.3) is 0 Å². The Labute approximate surface area is 166 Å². The molecule has 29 heavy (non-hydrogen) atoms. The van der Waals surface area contributed by atoms with Crippen LogP contribution < -0.4 is 0 Å². The van der Waals surface area contributed by atoms with Crippen molar-refractivity contribution in [2.45, 2.75) is 42.4 Å². The van der Waals surface area contributed by atoms with Crippen molar-refractivity contribution >= 4 is 21.8 Å². The molecular formula is C18H20F3N3O4S. The number of halogens is 3. The minimum absolute atomic E-state index is 0.00239. The van der Waals surface area contributed by atoms with Crippen molar-refractivity contribution in [1.82, 2.24) is 14.1 Å². The number of carbonyl (C=O) groups excluding carboxylic acids is 2. The topological polar surface area (TPSA) is 78.0 Å². The number of sulfonamides is 1. The van der Waals surface area contributed by atoms with Crippen LogP contribution in [0, 0.1) is 0 Å². The molecule has 7 nitrogen and oxygen atoms in total. The second kappa shape index (κ2) is 7.06. The van der Waals surface area contributed by atoms with Crippen LogP contribution in [0.3, 0.4) is 0 Å². The van der Waals surface area contributed by atoms with Crippen LogP contribution in [0.1, 0.15) is 24.8 Å². The first-order chi connectivity index (χ1) is 13.6. The molecule has 3 aliphatic rings. The van der Waals surface area contributed by atoms with Gasteiger partial charge in [-0.3, -0.25) is 19.4 Å². The summed E-state index contributed by atoms with van der Waals surface area (Å²) in [5.41, 5.74) is -1.02. The van der Waals surface area contributed by atoms with Crippen molar-refractivity contribution in [1.29, 1.82) is 0 Å². The molecule has 158 valence electrons. The van der Waals surface area contributed by atoms with Gasteiger partial charge in [-0.25, -0.2) is 8.42 Å². The first-order valence-corrected chi connectivity index (χ1v) is 10.8. The van der Waals surface area contributed by atoms with Crippen molar-refractivity contribution in [3.63, 3.8) is 0 Å². The van der Waals surface area contributed by atoms with Crippen LogP contribution >= 0.6 is 0 Å². The maximum absolute atomic E-state index is 12.9. The number of piperazine rings is 1. The minimum Gasteiger partial charge on any atom is -0.289 e. The monoisotopic (exact) mass is 431 g/mol. The largest absolute Gasteiger partial charge is 0.416 e. The second-order valence-corrected chi connectivity index (χ2v) is 9.46. The SMILES string of the molecule is O=C1CC(N2CCN(S(=O)(=O)c3cccc(C(F)(F)F)c3)CC2)C(=O)N1C1CC1. The average molecular weight is 431 g/mol. The van der Waals surface area contributed by atoms with E-state index in [0.717, 1.165) is 35.3 Å². The van der Waals surface area contributed by atoms with E-state index in [1.165, 1.54) is 4.90 Å². The summed E-state index contributed by atoms with van der Waals surface area (Å²) in [5, 5.41) is 0. The van der Waals surface area contributed by atoms with Gasteiger partial charge in [0.1, 0.15) is 0 Å². The molecule has 2 heterocycles. The molecule has 1 aliphatic carbocycles. The van der Waals surface area contributed by atoms with Gasteiger partial charge < -0.3 is 0 Å². The van der Waals surface area contributed by atoms with Crippen LogP contribution in [0.25, 0.3) is 0 Å². The van der Waals surface area contributed by atoms with Crippen molar-refractivity contribution in [3.8, 4) is 0 Å². The van der Waals surface area contributed by atoms with Gasteiger partial charge in [-0.05, 0) is 31.0 Å². The van der Waals surface area contributed by atoms with Gasteiger partial charge in [0.2, 0.25) is 21.8 Å². The van der Waals surface area contributed by atoms with E-state index in [-0.39, 0.29) is 50.5 Å². The number of nitrogens with zero attached hydrogens (tertiary/aromatic N) is 3. The number of alkyl halides is 3. The van der Waals surface area contributed by atoms with E-state index in [9.17, 15) is 31.2 Å². The van der Waals surface area contributed by atoms with Crippen LogP contribution in [0.5, 0.6) is 0 Å². The van der Waals surface area contributed by atoms with E-state index in [4.69, 9.17) is 0 Å². The number of likely N-dealkylation sites (tertiary alicyclic amines) is 1. The van der Waals surface area contributed by atoms with E-state index < -0.39 is 32.7 Å². The van der Waals surface area contributed by atoms with Crippen molar-refractivity contribution in [2.75, 3.05) is 26.2 Å². The van der Waals surface area contributed by atoms with E-state index in [1.807, 2.05) is 0 Å². The Bertz CT molecular complexity index is 938. The van der Waals surface area contributed by atoms with Gasteiger partial charge in [0.05, 0.1) is 22.9 Å². The molecule has 1 aromatic rings. The fraction of sp³-hybridized carbons (Fsp3) is 0.556. The Morgan fingerprint density at radius 3 is 2.24 bits per heavy atom. The molecule has 0 aromatic heterocycles. The van der Waals surface area contributed by atoms with Crippen molar-refractivity contribution in [3.05, 3.63) is 29.8 Å². The Morgan fingerprint density at radius 2 is 1.66 bits per heavy atom. The fourth-order valence-corrected chi connectivity index (χ4v) is 5.34. The summed E-state index contributed by atoms with van der Waals surface area (Å²) in [6.07, 6.45) is -2.89. The number of hydrogen-bond donors (Lipinski definition) is 0. The highest BCUT2D eigenvalue weighted by atomic mass is 32.2. The van der Waals surface area contributed by atoms with Gasteiger partial charge in [-0.2, -0.15) is 17.5 Å². The van der Waals surface area contributed by atoms with E-state index in [1.54, 1.807) is 4.90 Å². The number of benzene rings is 1. The molecule has 0 spiro atoms. The lowest BCUT2D eigenvalue weighted by Crippen LogP contribution is -2.53. The predicted molar refractivity (Wildman–Crippen MR) is 95.1 cm³/mol. The van der Waals surface area contributed by atoms with Gasteiger partial charge >= 0.3 is 6.18 Å². The molecule has 0 bridgehead atoms. The Kier molecular flexibility index (Phi) is 4.94. The van der Waals surface area contributed by atoms with Crippen LogP contribution in [0.15, 0.2) is 29.2 Å². The smallest absolute Gasteiger partial charge is 0.289 e. The summed E-state index contributed by atoms with van der Waals surface area (Å²) in [5.74, 6) is -0.423. The highest BCUT2D eigenvalue weighted by Gasteiger charge is 2.48. The lowest BCUT2D eigenvalue weighted by Gasteiger charge is -2.36. The molecule has 1 atom stereocenters. The molecule has 2 amide bonds. The molecule has 1 saturated carbocycles. The maximum atomic E-state index is 12.9. The summed E-state index contributed by atoms with van der Waals surface area (Å²) in [6, 6.07) is 3.09. The van der Waals surface area contributed by atoms with Crippen LogP contribution in [0.4, 0.5) is 13.2 Å². The maximum Gasteiger partial charge on any atom is 0.416 e. The highest BCUT2D eigenvalue weighted by Crippen LogP contribution is 2.34. The Hall–Kier alpha value is -1.98. The summed E-state index contributed by atoms with van der Waals surface area (Å²) in [4.78, 5) is 27.4. The summed E-state index contributed by atoms with van der Waals surface area (Å²) < 4.78 is 65.4. The Balaban J connectivity index is 1.44. The molecule has 2 saturated heterocycles. The van der Waals surface area contributed by atoms with Gasteiger partial charge in [-0.15, -0.1) is 0 Å². The molecule has 2 aliphatic heterocycles. The molecule has 0 N–H and O–H groups in total. The van der Waals surface area contributed by atoms with Gasteiger partial charge in [0.15, 0.2) is 0 Å². The van der Waals surface area contributed by atoms with E-state index in [0.29, 0.717) is 6.07 Å². The summed E-state index contributed by atoms with van der Waals surface area (Å²) in [6.45, 7) is 0.556. The number of rotatable bonds is 4. The molecular weight excluding hydrogens is 411 g/mol. The quantitative estimate of drug-likeness (QED) is 0.672. The third-order valence-electron chi connectivity index (χ3n) is 5.58. The molecule has 11 heteroatoms. The zero-order valence-electron chi connectivity index (χ0n) is 15.4. The third-order valence-corrected chi connectivity index (χ3v) is 7.48. The van der Waals surface area contributed by atoms with Crippen molar-refractivity contribution < 1.29 is 31.2 Å². The zero-order valence-corrected chi connectivity index (χ0v) is 16.2. The lowest BCUT2D eigenvalue weighted by atomic mass is 10.2. The summed E-state index contributed by atoms with van der Waals surface area (Å²) in [7, 11) is -4.09. The van der Waals surface area contributed by atoms with Crippen molar-refractivity contribution in [2.24, 2.45) is 0 Å². The second-order valence-electron chi connectivity index (χ2n) is 7.52. The number of hydrogen-bond acceptors (Lipinski definition) is 5. The van der Waals surface area contributed by atoms with Gasteiger partial charge in [-0.1, -0.05) is 6.07 Å². The first-order valence-electron chi connectivity index (χ1n) is 9.36. The predicted octanol–water partition coefficient (Wildman–Crippen LogP) is 1.30. The van der Waals surface area contributed by atoms with Crippen LogP contribution in [0.2, 0.25) is 0 Å². The number of imide groups is 1. The van der Waals surface area contributed by atoms with Crippen LogP contribution in [-0.2, 0) is 25.8 Å². The van der Waals surface area contributed by atoms with E-state index >= 15 is 0 Å². The van der Waals surface area contributed by atoms with Gasteiger partial charge in [0, 0.05) is 32.2 Å². The minimum atomic E-state index is -4.63. The fourth-order valence-electron chi connectivity index (χ4n) is 3.87. The zero-order chi connectivity index (χ0) is 21.0.